The summed E-state index contributed by atoms with van der Waals surface area (Å²) in [5, 5.41) is 0. The first-order chi connectivity index (χ1) is 6.62. The summed E-state index contributed by atoms with van der Waals surface area (Å²) >= 11 is 0. The molecular formula is C12H22S2. The van der Waals surface area contributed by atoms with E-state index in [0.29, 0.717) is 9.49 Å². The summed E-state index contributed by atoms with van der Waals surface area (Å²) in [7, 11) is 4.40. The van der Waals surface area contributed by atoms with Crippen LogP contribution < -0.4 is 0 Å². The van der Waals surface area contributed by atoms with Gasteiger partial charge in [-0.05, 0) is 39.5 Å². The van der Waals surface area contributed by atoms with Crippen molar-refractivity contribution >= 4 is 21.6 Å². The van der Waals surface area contributed by atoms with Gasteiger partial charge in [-0.15, -0.1) is 0 Å². The fraction of sp³-hybridized carbons (Fsp3) is 1.00. The van der Waals surface area contributed by atoms with Crippen LogP contribution in [0.15, 0.2) is 0 Å². The zero-order valence-corrected chi connectivity index (χ0v) is 11.1. The minimum atomic E-state index is 0.607. The lowest BCUT2D eigenvalue weighted by Crippen LogP contribution is -2.17. The van der Waals surface area contributed by atoms with E-state index in [9.17, 15) is 0 Å². The first-order valence-electron chi connectivity index (χ1n) is 5.99. The highest BCUT2D eigenvalue weighted by molar-refractivity contribution is 8.77. The lowest BCUT2D eigenvalue weighted by atomic mass is 10.1. The molecule has 0 saturated heterocycles. The van der Waals surface area contributed by atoms with Gasteiger partial charge in [0.15, 0.2) is 0 Å². The third kappa shape index (κ3) is 2.63. The molecule has 2 aliphatic carbocycles. The molecule has 0 N–H and O–H groups in total. The summed E-state index contributed by atoms with van der Waals surface area (Å²) in [6.45, 7) is 4.94. The van der Waals surface area contributed by atoms with E-state index < -0.39 is 0 Å². The molecule has 0 amide bonds. The van der Waals surface area contributed by atoms with Crippen LogP contribution >= 0.6 is 21.6 Å². The molecule has 0 atom stereocenters. The lowest BCUT2D eigenvalue weighted by molar-refractivity contribution is 0.669. The Bertz CT molecular complexity index is 166. The smallest absolute Gasteiger partial charge is 0.0235 e. The van der Waals surface area contributed by atoms with Crippen LogP contribution in [0, 0.1) is 0 Å². The van der Waals surface area contributed by atoms with Crippen LogP contribution in [0.3, 0.4) is 0 Å². The number of hydrogen-bond donors (Lipinski definition) is 0. The second kappa shape index (κ2) is 4.29. The maximum atomic E-state index is 2.47. The van der Waals surface area contributed by atoms with Crippen molar-refractivity contribution in [2.75, 3.05) is 0 Å². The largest absolute Gasteiger partial charge is 0.0870 e. The molecule has 0 bridgehead atoms. The molecule has 0 aromatic rings. The topological polar surface area (TPSA) is 0 Å². The Morgan fingerprint density at radius 1 is 0.643 bits per heavy atom. The third-order valence-electron chi connectivity index (χ3n) is 3.77. The molecule has 0 aliphatic heterocycles. The van der Waals surface area contributed by atoms with E-state index in [4.69, 9.17) is 0 Å². The van der Waals surface area contributed by atoms with Gasteiger partial charge in [0.05, 0.1) is 0 Å². The molecule has 14 heavy (non-hydrogen) atoms. The molecule has 0 radical (unpaired) electrons. The molecule has 2 fully saturated rings. The Morgan fingerprint density at radius 3 is 1.21 bits per heavy atom. The fourth-order valence-corrected chi connectivity index (χ4v) is 6.13. The van der Waals surface area contributed by atoms with Crippen molar-refractivity contribution in [2.45, 2.75) is 74.7 Å². The van der Waals surface area contributed by atoms with Gasteiger partial charge in [-0.25, -0.2) is 0 Å². The van der Waals surface area contributed by atoms with Gasteiger partial charge in [0.1, 0.15) is 0 Å². The Kier molecular flexibility index (Phi) is 3.43. The highest BCUT2D eigenvalue weighted by Crippen LogP contribution is 2.54. The van der Waals surface area contributed by atoms with Gasteiger partial charge >= 0.3 is 0 Å². The predicted octanol–water partition coefficient (Wildman–Crippen LogP) is 5.03. The Balaban J connectivity index is 1.80. The molecule has 2 saturated carbocycles. The SMILES string of the molecule is CC1(SSC2(C)CCCC2)CCCC1. The Labute approximate surface area is 96.4 Å². The Hall–Kier alpha value is 0.700. The summed E-state index contributed by atoms with van der Waals surface area (Å²) in [5.41, 5.74) is 0. The third-order valence-corrected chi connectivity index (χ3v) is 8.14. The van der Waals surface area contributed by atoms with Gasteiger partial charge in [0.25, 0.3) is 0 Å². The highest BCUT2D eigenvalue weighted by Gasteiger charge is 2.35. The second-order valence-corrected chi connectivity index (χ2v) is 8.79. The molecule has 0 unspecified atom stereocenters. The van der Waals surface area contributed by atoms with Crippen molar-refractivity contribution in [3.8, 4) is 0 Å². The molecule has 2 aliphatic rings. The fourth-order valence-electron chi connectivity index (χ4n) is 2.61. The summed E-state index contributed by atoms with van der Waals surface area (Å²) in [5.74, 6) is 0. The van der Waals surface area contributed by atoms with Gasteiger partial charge in [-0.2, -0.15) is 0 Å². The molecule has 82 valence electrons. The van der Waals surface area contributed by atoms with Gasteiger partial charge in [-0.3, -0.25) is 0 Å². The maximum absolute atomic E-state index is 2.47. The van der Waals surface area contributed by atoms with E-state index >= 15 is 0 Å². The van der Waals surface area contributed by atoms with E-state index in [1.165, 1.54) is 51.4 Å². The van der Waals surface area contributed by atoms with Gasteiger partial charge in [-0.1, -0.05) is 47.3 Å². The van der Waals surface area contributed by atoms with Crippen molar-refractivity contribution in [3.05, 3.63) is 0 Å². The van der Waals surface area contributed by atoms with E-state index in [1.54, 1.807) is 0 Å². The van der Waals surface area contributed by atoms with Crippen LogP contribution in [0.1, 0.15) is 65.2 Å². The van der Waals surface area contributed by atoms with Crippen LogP contribution in [0.4, 0.5) is 0 Å². The normalized spacial score (nSPS) is 29.6. The molecular weight excluding hydrogens is 208 g/mol. The molecule has 2 rings (SSSR count). The first kappa shape index (κ1) is 11.2. The van der Waals surface area contributed by atoms with Crippen LogP contribution in [-0.2, 0) is 0 Å². The van der Waals surface area contributed by atoms with E-state index in [-0.39, 0.29) is 0 Å². The molecule has 0 spiro atoms. The quantitative estimate of drug-likeness (QED) is 0.623. The molecule has 2 heteroatoms. The van der Waals surface area contributed by atoms with Crippen molar-refractivity contribution < 1.29 is 0 Å². The molecule has 0 heterocycles. The van der Waals surface area contributed by atoms with Gasteiger partial charge in [0.2, 0.25) is 0 Å². The summed E-state index contributed by atoms with van der Waals surface area (Å²) < 4.78 is 1.21. The van der Waals surface area contributed by atoms with Crippen molar-refractivity contribution in [3.63, 3.8) is 0 Å². The maximum Gasteiger partial charge on any atom is 0.0235 e. The van der Waals surface area contributed by atoms with E-state index in [0.717, 1.165) is 0 Å². The average molecular weight is 230 g/mol. The van der Waals surface area contributed by atoms with E-state index in [1.807, 2.05) is 0 Å². The van der Waals surface area contributed by atoms with Crippen LogP contribution in [-0.4, -0.2) is 9.49 Å². The molecule has 0 nitrogen and oxygen atoms in total. The monoisotopic (exact) mass is 230 g/mol. The van der Waals surface area contributed by atoms with E-state index in [2.05, 4.69) is 35.4 Å². The van der Waals surface area contributed by atoms with Crippen LogP contribution in [0.2, 0.25) is 0 Å². The second-order valence-electron chi connectivity index (χ2n) is 5.48. The zero-order chi connectivity index (χ0) is 10.1. The standard InChI is InChI=1S/C12H22S2/c1-11(7-3-4-8-11)13-14-12(2)9-5-6-10-12/h3-10H2,1-2H3. The number of hydrogen-bond acceptors (Lipinski definition) is 2. The Morgan fingerprint density at radius 2 is 0.929 bits per heavy atom. The van der Waals surface area contributed by atoms with Crippen LogP contribution in [0.5, 0.6) is 0 Å². The minimum Gasteiger partial charge on any atom is -0.0870 e. The summed E-state index contributed by atoms with van der Waals surface area (Å²) in [6.07, 6.45) is 11.6. The zero-order valence-electron chi connectivity index (χ0n) is 9.47. The molecule has 0 aromatic carbocycles. The average Bonchev–Trinajstić information content (AvgIpc) is 2.74. The van der Waals surface area contributed by atoms with Gasteiger partial charge < -0.3 is 0 Å². The first-order valence-corrected chi connectivity index (χ1v) is 8.14. The van der Waals surface area contributed by atoms with Crippen molar-refractivity contribution in [1.82, 2.24) is 0 Å². The summed E-state index contributed by atoms with van der Waals surface area (Å²) in [6, 6.07) is 0. The highest BCUT2D eigenvalue weighted by atomic mass is 33.1. The minimum absolute atomic E-state index is 0.607. The van der Waals surface area contributed by atoms with Gasteiger partial charge in [0, 0.05) is 9.49 Å². The summed E-state index contributed by atoms with van der Waals surface area (Å²) in [4.78, 5) is 0. The van der Waals surface area contributed by atoms with Crippen molar-refractivity contribution in [1.29, 1.82) is 0 Å². The molecule has 0 aromatic heterocycles. The number of rotatable bonds is 3. The van der Waals surface area contributed by atoms with Crippen LogP contribution in [0.25, 0.3) is 0 Å². The predicted molar refractivity (Wildman–Crippen MR) is 68.9 cm³/mol. The lowest BCUT2D eigenvalue weighted by Gasteiger charge is -2.29. The van der Waals surface area contributed by atoms with Crippen molar-refractivity contribution in [2.24, 2.45) is 0 Å².